The molecule has 2 heterocycles. The van der Waals surface area contributed by atoms with Gasteiger partial charge in [-0.05, 0) is 26.7 Å². The van der Waals surface area contributed by atoms with E-state index in [0.717, 1.165) is 0 Å². The van der Waals surface area contributed by atoms with Crippen molar-refractivity contribution in [2.24, 2.45) is 5.92 Å². The van der Waals surface area contributed by atoms with Crippen LogP contribution in [0.4, 0.5) is 5.82 Å². The Morgan fingerprint density at radius 3 is 2.70 bits per heavy atom. The van der Waals surface area contributed by atoms with Gasteiger partial charge in [0.15, 0.2) is 11.5 Å². The molecular weight excluding hydrogens is 350 g/mol. The Kier molecular flexibility index (Phi) is 7.01. The first-order valence-electron chi connectivity index (χ1n) is 8.42. The number of carbonyl (C=O) groups excluding carboxylic acids is 1. The van der Waals surface area contributed by atoms with Crippen LogP contribution in [0.1, 0.15) is 26.7 Å². The summed E-state index contributed by atoms with van der Waals surface area (Å²) in [7, 11) is 0. The highest BCUT2D eigenvalue weighted by atomic mass is 16.3. The van der Waals surface area contributed by atoms with E-state index in [-0.39, 0.29) is 11.8 Å². The normalized spacial score (nSPS) is 22.2. The summed E-state index contributed by atoms with van der Waals surface area (Å²) in [6.07, 6.45) is 1.71. The molecule has 4 atom stereocenters. The van der Waals surface area contributed by atoms with Gasteiger partial charge in [-0.25, -0.2) is 15.0 Å². The van der Waals surface area contributed by atoms with Crippen LogP contribution in [0, 0.1) is 17.8 Å². The smallest absolute Gasteiger partial charge is 0.251 e. The van der Waals surface area contributed by atoms with Gasteiger partial charge in [-0.3, -0.25) is 4.79 Å². The topological polar surface area (TPSA) is 144 Å². The van der Waals surface area contributed by atoms with E-state index in [1.807, 2.05) is 0 Å². The molecule has 0 radical (unpaired) electrons. The molecule has 3 rings (SSSR count). The predicted octanol–water partition coefficient (Wildman–Crippen LogP) is 0.370. The van der Waals surface area contributed by atoms with Crippen molar-refractivity contribution >= 4 is 22.9 Å². The number of H-pyrrole nitrogens is 1. The van der Waals surface area contributed by atoms with E-state index in [1.165, 1.54) is 12.7 Å². The number of aliphatic hydroxyl groups is 3. The summed E-state index contributed by atoms with van der Waals surface area (Å²) in [6, 6.07) is 0. The summed E-state index contributed by atoms with van der Waals surface area (Å²) in [4.78, 5) is 26.0. The zero-order chi connectivity index (χ0) is 20.0. The van der Waals surface area contributed by atoms with Crippen molar-refractivity contribution in [2.75, 3.05) is 5.32 Å². The zero-order valence-electron chi connectivity index (χ0n) is 15.2. The van der Waals surface area contributed by atoms with Crippen LogP contribution in [-0.4, -0.2) is 59.5 Å². The molecule has 144 valence electrons. The van der Waals surface area contributed by atoms with Gasteiger partial charge in [0.2, 0.25) is 0 Å². The minimum absolute atomic E-state index is 0.274. The Bertz CT molecular complexity index is 869. The summed E-state index contributed by atoms with van der Waals surface area (Å²) >= 11 is 0. The van der Waals surface area contributed by atoms with Crippen LogP contribution >= 0.6 is 0 Å². The number of imidazole rings is 1. The number of carbonyl (C=O) groups is 1. The van der Waals surface area contributed by atoms with Crippen molar-refractivity contribution in [1.82, 2.24) is 19.9 Å². The van der Waals surface area contributed by atoms with Crippen molar-refractivity contribution < 1.29 is 20.1 Å². The highest BCUT2D eigenvalue weighted by Crippen LogP contribution is 2.28. The van der Waals surface area contributed by atoms with Gasteiger partial charge in [0.05, 0.1) is 18.5 Å². The lowest BCUT2D eigenvalue weighted by atomic mass is 9.99. The van der Waals surface area contributed by atoms with Gasteiger partial charge >= 0.3 is 0 Å². The molecule has 1 fully saturated rings. The maximum atomic E-state index is 11.4. The lowest BCUT2D eigenvalue weighted by molar-refractivity contribution is -0.112. The molecule has 9 heteroatoms. The summed E-state index contributed by atoms with van der Waals surface area (Å²) in [5.41, 5.74) is 1.54. The molecule has 0 bridgehead atoms. The Morgan fingerprint density at radius 2 is 2.11 bits per heavy atom. The van der Waals surface area contributed by atoms with Gasteiger partial charge in [-0.2, -0.15) is 0 Å². The van der Waals surface area contributed by atoms with E-state index < -0.39 is 18.3 Å². The maximum Gasteiger partial charge on any atom is 0.251 e. The predicted molar refractivity (Wildman–Crippen MR) is 99.3 cm³/mol. The largest absolute Gasteiger partial charge is 0.390 e. The number of hydrogen-bond donors (Lipinski definition) is 5. The number of aromatic nitrogens is 4. The van der Waals surface area contributed by atoms with Crippen molar-refractivity contribution in [3.05, 3.63) is 24.8 Å². The molecule has 1 saturated carbocycles. The summed E-state index contributed by atoms with van der Waals surface area (Å²) in [5, 5.41) is 30.6. The molecule has 0 saturated heterocycles. The molecular formula is C18H23N5O4. The van der Waals surface area contributed by atoms with Crippen molar-refractivity contribution in [1.29, 1.82) is 0 Å². The molecule has 1 amide bonds. The van der Waals surface area contributed by atoms with E-state index in [0.29, 0.717) is 35.4 Å². The first kappa shape index (κ1) is 20.5. The molecule has 1 aliphatic rings. The van der Waals surface area contributed by atoms with Gasteiger partial charge in [0.25, 0.3) is 5.91 Å². The van der Waals surface area contributed by atoms with E-state index in [2.05, 4.69) is 43.7 Å². The highest BCUT2D eigenvalue weighted by Gasteiger charge is 2.37. The summed E-state index contributed by atoms with van der Waals surface area (Å²) in [5.74, 6) is 5.01. The van der Waals surface area contributed by atoms with Crippen LogP contribution in [0.2, 0.25) is 0 Å². The molecule has 2 aromatic rings. The Hall–Kier alpha value is -2.80. The van der Waals surface area contributed by atoms with Crippen LogP contribution in [-0.2, 0) is 4.79 Å². The zero-order valence-corrected chi connectivity index (χ0v) is 15.2. The Balaban J connectivity index is 0.000000199. The average Bonchev–Trinajstić information content (AvgIpc) is 3.24. The second-order valence-corrected chi connectivity index (χ2v) is 6.20. The van der Waals surface area contributed by atoms with Crippen LogP contribution in [0.25, 0.3) is 11.2 Å². The van der Waals surface area contributed by atoms with Crippen LogP contribution in [0.15, 0.2) is 24.8 Å². The average molecular weight is 373 g/mol. The molecule has 0 spiro atoms. The van der Waals surface area contributed by atoms with Crippen molar-refractivity contribution in [2.45, 2.75) is 45.0 Å². The second-order valence-electron chi connectivity index (χ2n) is 6.20. The monoisotopic (exact) mass is 373 g/mol. The van der Waals surface area contributed by atoms with E-state index >= 15 is 0 Å². The van der Waals surface area contributed by atoms with E-state index in [1.54, 1.807) is 13.8 Å². The number of hydrogen-bond acceptors (Lipinski definition) is 7. The van der Waals surface area contributed by atoms with Crippen LogP contribution in [0.3, 0.4) is 0 Å². The molecule has 9 nitrogen and oxygen atoms in total. The van der Waals surface area contributed by atoms with E-state index in [4.69, 9.17) is 0 Å². The van der Waals surface area contributed by atoms with Crippen LogP contribution < -0.4 is 5.32 Å². The molecule has 5 N–H and O–H groups in total. The first-order chi connectivity index (χ1) is 12.8. The molecule has 4 unspecified atom stereocenters. The van der Waals surface area contributed by atoms with Crippen molar-refractivity contribution in [3.8, 4) is 11.8 Å². The number of anilines is 1. The number of aliphatic hydroxyl groups excluding tert-OH is 3. The SMILES string of the molecule is C=C(C)C(=O)Nc1ncnc2nc[nH]c12.CC#CC(O)C1CCC(O)C1O. The van der Waals surface area contributed by atoms with Crippen molar-refractivity contribution in [3.63, 3.8) is 0 Å². The lowest BCUT2D eigenvalue weighted by Crippen LogP contribution is -2.32. The van der Waals surface area contributed by atoms with Gasteiger partial charge in [-0.1, -0.05) is 12.5 Å². The fraction of sp³-hybridized carbons (Fsp3) is 0.444. The third-order valence-electron chi connectivity index (χ3n) is 4.17. The molecule has 0 aromatic carbocycles. The van der Waals surface area contributed by atoms with E-state index in [9.17, 15) is 20.1 Å². The molecule has 2 aromatic heterocycles. The molecule has 0 aliphatic heterocycles. The fourth-order valence-electron chi connectivity index (χ4n) is 2.66. The van der Waals surface area contributed by atoms with Crippen LogP contribution in [0.5, 0.6) is 0 Å². The number of nitrogens with one attached hydrogen (secondary N) is 2. The minimum atomic E-state index is -0.819. The third-order valence-corrected chi connectivity index (χ3v) is 4.17. The number of aromatic amines is 1. The number of nitrogens with zero attached hydrogens (tertiary/aromatic N) is 3. The number of rotatable bonds is 3. The van der Waals surface area contributed by atoms with Gasteiger partial charge in [-0.15, -0.1) is 5.92 Å². The number of fused-ring (bicyclic) bond motifs is 1. The molecule has 1 aliphatic carbocycles. The summed E-state index contributed by atoms with van der Waals surface area (Å²) < 4.78 is 0. The molecule has 27 heavy (non-hydrogen) atoms. The second kappa shape index (κ2) is 9.23. The quantitative estimate of drug-likeness (QED) is 0.386. The Morgan fingerprint density at radius 1 is 1.37 bits per heavy atom. The standard InChI is InChI=1S/C9H9N5O.C9H14O3/c1-5(2)9(15)14-8-6-7(11-3-10-6)12-4-13-8;1-2-3-7(10)6-4-5-8(11)9(6)12/h3-4H,1H2,2H3,(H2,10,11,12,13,14,15);6-12H,4-5H2,1H3. The van der Waals surface area contributed by atoms with Gasteiger partial charge < -0.3 is 25.6 Å². The summed E-state index contributed by atoms with van der Waals surface area (Å²) in [6.45, 7) is 6.80. The first-order valence-corrected chi connectivity index (χ1v) is 8.42. The highest BCUT2D eigenvalue weighted by molar-refractivity contribution is 6.05. The maximum absolute atomic E-state index is 11.4. The van der Waals surface area contributed by atoms with Gasteiger partial charge in [0, 0.05) is 11.5 Å². The number of amides is 1. The third kappa shape index (κ3) is 5.10. The minimum Gasteiger partial charge on any atom is -0.390 e. The Labute approximate surface area is 156 Å². The lowest BCUT2D eigenvalue weighted by Gasteiger charge is -2.17. The van der Waals surface area contributed by atoms with Gasteiger partial charge in [0.1, 0.15) is 17.9 Å². The fourth-order valence-corrected chi connectivity index (χ4v) is 2.66.